The molecule has 6 N–H and O–H groups in total. The quantitative estimate of drug-likeness (QED) is 0.152. The van der Waals surface area contributed by atoms with Crippen molar-refractivity contribution in [1.29, 1.82) is 10.8 Å². The lowest BCUT2D eigenvalue weighted by molar-refractivity contribution is 0.557. The van der Waals surface area contributed by atoms with E-state index in [4.69, 9.17) is 22.3 Å². The van der Waals surface area contributed by atoms with Gasteiger partial charge in [0.1, 0.15) is 22.7 Å². The topological polar surface area (TPSA) is 124 Å². The van der Waals surface area contributed by atoms with Gasteiger partial charge in [-0.1, -0.05) is 0 Å². The normalized spacial score (nSPS) is 11.9. The lowest BCUT2D eigenvalue weighted by atomic mass is 10.1. The van der Waals surface area contributed by atoms with Crippen molar-refractivity contribution in [3.63, 3.8) is 0 Å². The Balaban J connectivity index is 0. The minimum Gasteiger partial charge on any atom is -0.386 e. The highest BCUT2D eigenvalue weighted by Crippen LogP contribution is 2.15. The number of hydrogen-bond acceptors (Lipinski definition) is 6. The standard InChI is InChI=1S/C8H18N6.H2S2/c1-7(2,5(9)10)13-14-8(3,4)6(11)12;1-2/h1-4H3,(H3,9,10)(H3,11,12);1-2H/b14-13+;. The van der Waals surface area contributed by atoms with E-state index in [1.165, 1.54) is 0 Å². The molecular formula is C8H20N6S2. The molecule has 0 radical (unpaired) electrons. The van der Waals surface area contributed by atoms with Gasteiger partial charge in [0.15, 0.2) is 0 Å². The zero-order valence-electron chi connectivity index (χ0n) is 9.94. The van der Waals surface area contributed by atoms with Crippen LogP contribution in [0.5, 0.6) is 0 Å². The van der Waals surface area contributed by atoms with E-state index in [1.807, 2.05) is 0 Å². The van der Waals surface area contributed by atoms with Gasteiger partial charge in [0.05, 0.1) is 0 Å². The van der Waals surface area contributed by atoms with E-state index < -0.39 is 11.1 Å². The molecule has 0 heterocycles. The Morgan fingerprint density at radius 3 is 1.19 bits per heavy atom. The Morgan fingerprint density at radius 2 is 1.06 bits per heavy atom. The Kier molecular flexibility index (Phi) is 7.43. The van der Waals surface area contributed by atoms with Gasteiger partial charge in [-0.2, -0.15) is 10.2 Å². The summed E-state index contributed by atoms with van der Waals surface area (Å²) in [4.78, 5) is 0. The molecule has 0 rings (SSSR count). The molecule has 94 valence electrons. The van der Waals surface area contributed by atoms with Crippen LogP contribution >= 0.6 is 23.3 Å². The van der Waals surface area contributed by atoms with Gasteiger partial charge in [-0.3, -0.25) is 10.8 Å². The number of amidine groups is 2. The van der Waals surface area contributed by atoms with Crippen LogP contribution in [-0.2, 0) is 0 Å². The van der Waals surface area contributed by atoms with Crippen molar-refractivity contribution in [3.05, 3.63) is 0 Å². The zero-order chi connectivity index (χ0) is 13.6. The molecule has 0 unspecified atom stereocenters. The molecule has 0 aliphatic rings. The highest BCUT2D eigenvalue weighted by molar-refractivity contribution is 8.59. The van der Waals surface area contributed by atoms with E-state index in [-0.39, 0.29) is 11.7 Å². The van der Waals surface area contributed by atoms with Crippen LogP contribution in [0.4, 0.5) is 0 Å². The molecule has 0 atom stereocenters. The molecule has 0 aliphatic heterocycles. The molecule has 0 bridgehead atoms. The summed E-state index contributed by atoms with van der Waals surface area (Å²) in [5.74, 6) is -0.138. The molecule has 6 nitrogen and oxygen atoms in total. The minimum absolute atomic E-state index is 0.0689. The van der Waals surface area contributed by atoms with Gasteiger partial charge in [-0.05, 0) is 27.7 Å². The lowest BCUT2D eigenvalue weighted by Gasteiger charge is -2.20. The second-order valence-corrected chi connectivity index (χ2v) is 4.15. The number of nitrogens with two attached hydrogens (primary N) is 2. The van der Waals surface area contributed by atoms with Crippen LogP contribution in [0.1, 0.15) is 27.7 Å². The molecule has 16 heavy (non-hydrogen) atoms. The SMILES string of the molecule is CC(C)(/N=N/C(C)(C)C(=N)N)C(=N)N.SS. The fourth-order valence-electron chi connectivity index (χ4n) is 0.358. The predicted molar refractivity (Wildman–Crippen MR) is 74.8 cm³/mol. The predicted octanol–water partition coefficient (Wildman–Crippen LogP) is 1.63. The van der Waals surface area contributed by atoms with Crippen molar-refractivity contribution in [1.82, 2.24) is 0 Å². The summed E-state index contributed by atoms with van der Waals surface area (Å²) in [5, 5.41) is 22.3. The van der Waals surface area contributed by atoms with E-state index in [9.17, 15) is 0 Å². The molecule has 0 aliphatic carbocycles. The van der Waals surface area contributed by atoms with Crippen molar-refractivity contribution in [2.75, 3.05) is 0 Å². The number of nitrogens with zero attached hydrogens (tertiary/aromatic N) is 2. The third-order valence-electron chi connectivity index (χ3n) is 1.87. The van der Waals surface area contributed by atoms with Gasteiger partial charge in [-0.25, -0.2) is 0 Å². The average molecular weight is 264 g/mol. The van der Waals surface area contributed by atoms with Crippen LogP contribution in [0.3, 0.4) is 0 Å². The fourth-order valence-corrected chi connectivity index (χ4v) is 0.358. The summed E-state index contributed by atoms with van der Waals surface area (Å²) in [6.45, 7) is 6.70. The van der Waals surface area contributed by atoms with Crippen molar-refractivity contribution in [2.24, 2.45) is 21.7 Å². The molecule has 0 spiro atoms. The number of hydrogen-bond donors (Lipinski definition) is 6. The van der Waals surface area contributed by atoms with E-state index >= 15 is 0 Å². The number of nitrogens with one attached hydrogen (secondary N) is 2. The maximum absolute atomic E-state index is 7.25. The van der Waals surface area contributed by atoms with Crippen molar-refractivity contribution < 1.29 is 0 Å². The number of rotatable bonds is 4. The summed E-state index contributed by atoms with van der Waals surface area (Å²) in [7, 11) is 0. The third-order valence-corrected chi connectivity index (χ3v) is 1.87. The average Bonchev–Trinajstić information content (AvgIpc) is 2.18. The fraction of sp³-hybridized carbons (Fsp3) is 0.750. The summed E-state index contributed by atoms with van der Waals surface area (Å²) < 4.78 is 0. The summed E-state index contributed by atoms with van der Waals surface area (Å²) >= 11 is 6.44. The Bertz CT molecular complexity index is 256. The first-order valence-electron chi connectivity index (χ1n) is 4.42. The molecule has 0 aromatic carbocycles. The van der Waals surface area contributed by atoms with Gasteiger partial charge in [0.25, 0.3) is 0 Å². The van der Waals surface area contributed by atoms with E-state index in [2.05, 4.69) is 33.6 Å². The van der Waals surface area contributed by atoms with Crippen LogP contribution in [0.2, 0.25) is 0 Å². The summed E-state index contributed by atoms with van der Waals surface area (Å²) in [6, 6.07) is 0. The Hall–Kier alpha value is -0.760. The van der Waals surface area contributed by atoms with Gasteiger partial charge in [0.2, 0.25) is 0 Å². The molecule has 0 amide bonds. The molecule has 0 saturated carbocycles. The van der Waals surface area contributed by atoms with E-state index in [0.29, 0.717) is 0 Å². The van der Waals surface area contributed by atoms with E-state index in [1.54, 1.807) is 27.7 Å². The Morgan fingerprint density at radius 1 is 0.875 bits per heavy atom. The van der Waals surface area contributed by atoms with E-state index in [0.717, 1.165) is 0 Å². The van der Waals surface area contributed by atoms with Crippen LogP contribution in [0, 0.1) is 10.8 Å². The largest absolute Gasteiger partial charge is 0.386 e. The highest BCUT2D eigenvalue weighted by Gasteiger charge is 2.25. The zero-order valence-corrected chi connectivity index (χ0v) is 11.7. The summed E-state index contributed by atoms with van der Waals surface area (Å²) in [5.41, 5.74) is 8.96. The monoisotopic (exact) mass is 264 g/mol. The van der Waals surface area contributed by atoms with Crippen LogP contribution < -0.4 is 11.5 Å². The Labute approximate surface area is 107 Å². The molecule has 0 fully saturated rings. The van der Waals surface area contributed by atoms with Gasteiger partial charge < -0.3 is 11.5 Å². The maximum Gasteiger partial charge on any atom is 0.132 e. The molecule has 0 aromatic heterocycles. The van der Waals surface area contributed by atoms with Crippen LogP contribution in [0.25, 0.3) is 0 Å². The minimum atomic E-state index is -0.841. The van der Waals surface area contributed by atoms with Crippen LogP contribution in [-0.4, -0.2) is 22.7 Å². The van der Waals surface area contributed by atoms with Gasteiger partial charge >= 0.3 is 0 Å². The third kappa shape index (κ3) is 5.96. The highest BCUT2D eigenvalue weighted by atomic mass is 33.1. The number of azo groups is 1. The van der Waals surface area contributed by atoms with Gasteiger partial charge in [0, 0.05) is 0 Å². The maximum atomic E-state index is 7.25. The number of thiol groups is 2. The van der Waals surface area contributed by atoms with Crippen molar-refractivity contribution in [2.45, 2.75) is 38.8 Å². The van der Waals surface area contributed by atoms with Gasteiger partial charge in [-0.15, -0.1) is 23.3 Å². The van der Waals surface area contributed by atoms with Crippen molar-refractivity contribution >= 4 is 35.0 Å². The first-order valence-corrected chi connectivity index (χ1v) is 6.02. The molecular weight excluding hydrogens is 244 g/mol. The second-order valence-electron chi connectivity index (χ2n) is 4.15. The van der Waals surface area contributed by atoms with Crippen molar-refractivity contribution in [3.8, 4) is 0 Å². The van der Waals surface area contributed by atoms with Crippen LogP contribution in [0.15, 0.2) is 10.2 Å². The first-order chi connectivity index (χ1) is 7.09. The molecule has 0 saturated heterocycles. The molecule has 8 heteroatoms. The summed E-state index contributed by atoms with van der Waals surface area (Å²) in [6.07, 6.45) is 0. The first kappa shape index (κ1) is 17.6. The lowest BCUT2D eigenvalue weighted by Crippen LogP contribution is -2.38. The second kappa shape index (κ2) is 6.74. The molecule has 0 aromatic rings. The smallest absolute Gasteiger partial charge is 0.132 e.